The molecule has 12 heavy (non-hydrogen) atoms. The summed E-state index contributed by atoms with van der Waals surface area (Å²) in [6, 6.07) is 0. The zero-order valence-corrected chi connectivity index (χ0v) is 8.22. The maximum atomic E-state index is 11.5. The van der Waals surface area contributed by atoms with Crippen LogP contribution in [0.3, 0.4) is 0 Å². The highest BCUT2D eigenvalue weighted by atomic mass is 31.2. The van der Waals surface area contributed by atoms with Crippen LogP contribution in [0.1, 0.15) is 26.2 Å². The smallest absolute Gasteiger partial charge is 0.287 e. The van der Waals surface area contributed by atoms with Crippen LogP contribution in [0.4, 0.5) is 0 Å². The van der Waals surface area contributed by atoms with Gasteiger partial charge in [-0.05, 0) is 26.2 Å². The SMILES string of the molecule is CCOP1(=O)OCCCCCO1. The second kappa shape index (κ2) is 4.97. The van der Waals surface area contributed by atoms with E-state index in [2.05, 4.69) is 0 Å². The van der Waals surface area contributed by atoms with Crippen LogP contribution in [-0.4, -0.2) is 19.8 Å². The second-order valence-corrected chi connectivity index (χ2v) is 4.26. The summed E-state index contributed by atoms with van der Waals surface area (Å²) < 4.78 is 26.5. The Balaban J connectivity index is 2.42. The zero-order valence-electron chi connectivity index (χ0n) is 7.32. The molecule has 72 valence electrons. The topological polar surface area (TPSA) is 44.8 Å². The van der Waals surface area contributed by atoms with Crippen molar-refractivity contribution in [1.29, 1.82) is 0 Å². The molecule has 0 aromatic carbocycles. The Kier molecular flexibility index (Phi) is 4.22. The van der Waals surface area contributed by atoms with Gasteiger partial charge < -0.3 is 0 Å². The molecule has 0 N–H and O–H groups in total. The van der Waals surface area contributed by atoms with Crippen molar-refractivity contribution in [2.24, 2.45) is 0 Å². The maximum Gasteiger partial charge on any atom is 0.474 e. The number of phosphoric acid groups is 1. The molecule has 1 aliphatic rings. The molecule has 4 nitrogen and oxygen atoms in total. The highest BCUT2D eigenvalue weighted by Crippen LogP contribution is 2.50. The van der Waals surface area contributed by atoms with Crippen molar-refractivity contribution in [3.05, 3.63) is 0 Å². The van der Waals surface area contributed by atoms with E-state index in [1.165, 1.54) is 0 Å². The van der Waals surface area contributed by atoms with E-state index in [0.717, 1.165) is 19.3 Å². The second-order valence-electron chi connectivity index (χ2n) is 2.59. The van der Waals surface area contributed by atoms with Gasteiger partial charge in [-0.25, -0.2) is 4.57 Å². The van der Waals surface area contributed by atoms with Gasteiger partial charge in [0.2, 0.25) is 0 Å². The van der Waals surface area contributed by atoms with Crippen molar-refractivity contribution in [2.75, 3.05) is 19.8 Å². The Morgan fingerprint density at radius 2 is 1.83 bits per heavy atom. The summed E-state index contributed by atoms with van der Waals surface area (Å²) >= 11 is 0. The fraction of sp³-hybridized carbons (Fsp3) is 1.00. The van der Waals surface area contributed by atoms with Crippen molar-refractivity contribution in [2.45, 2.75) is 26.2 Å². The Bertz CT molecular complexity index is 159. The molecule has 0 saturated carbocycles. The maximum absolute atomic E-state index is 11.5. The number of phosphoric ester groups is 1. The molecule has 0 atom stereocenters. The van der Waals surface area contributed by atoms with E-state index in [4.69, 9.17) is 13.6 Å². The van der Waals surface area contributed by atoms with Crippen LogP contribution >= 0.6 is 7.82 Å². The van der Waals surface area contributed by atoms with Gasteiger partial charge in [0.05, 0.1) is 19.8 Å². The zero-order chi connectivity index (χ0) is 8.86. The number of rotatable bonds is 2. The molecule has 0 bridgehead atoms. The molecule has 0 aromatic rings. The summed E-state index contributed by atoms with van der Waals surface area (Å²) in [6.45, 7) is 3.07. The third kappa shape index (κ3) is 3.23. The molecular weight excluding hydrogens is 179 g/mol. The fourth-order valence-corrected chi connectivity index (χ4v) is 2.25. The Labute approximate surface area is 72.8 Å². The first-order valence-electron chi connectivity index (χ1n) is 4.30. The average molecular weight is 194 g/mol. The lowest BCUT2D eigenvalue weighted by molar-refractivity contribution is 0.103. The first-order valence-corrected chi connectivity index (χ1v) is 5.76. The first kappa shape index (κ1) is 10.2. The van der Waals surface area contributed by atoms with Gasteiger partial charge in [-0.1, -0.05) is 0 Å². The van der Waals surface area contributed by atoms with E-state index in [9.17, 15) is 4.57 Å². The third-order valence-electron chi connectivity index (χ3n) is 1.57. The van der Waals surface area contributed by atoms with Gasteiger partial charge in [-0.2, -0.15) is 0 Å². The van der Waals surface area contributed by atoms with E-state index < -0.39 is 7.82 Å². The van der Waals surface area contributed by atoms with Crippen LogP contribution in [-0.2, 0) is 18.1 Å². The average Bonchev–Trinajstić information content (AvgIpc) is 1.99. The molecule has 1 aliphatic heterocycles. The number of hydrogen-bond acceptors (Lipinski definition) is 4. The molecule has 0 aromatic heterocycles. The summed E-state index contributed by atoms with van der Waals surface area (Å²) in [6.07, 6.45) is 2.92. The van der Waals surface area contributed by atoms with Crippen LogP contribution < -0.4 is 0 Å². The van der Waals surface area contributed by atoms with Gasteiger partial charge >= 0.3 is 7.82 Å². The summed E-state index contributed by atoms with van der Waals surface area (Å²) in [4.78, 5) is 0. The largest absolute Gasteiger partial charge is 0.474 e. The summed E-state index contributed by atoms with van der Waals surface area (Å²) in [7, 11) is -3.18. The standard InChI is InChI=1S/C7H15O4P/c1-2-9-12(8)10-6-4-3-5-7-11-12/h2-7H2,1H3. The minimum atomic E-state index is -3.18. The van der Waals surface area contributed by atoms with Gasteiger partial charge in [-0.3, -0.25) is 13.6 Å². The molecule has 0 unspecified atom stereocenters. The third-order valence-corrected chi connectivity index (χ3v) is 3.15. The van der Waals surface area contributed by atoms with Crippen molar-refractivity contribution in [3.8, 4) is 0 Å². The minimum Gasteiger partial charge on any atom is -0.287 e. The number of hydrogen-bond donors (Lipinski definition) is 0. The lowest BCUT2D eigenvalue weighted by Crippen LogP contribution is -2.06. The van der Waals surface area contributed by atoms with Crippen molar-refractivity contribution < 1.29 is 18.1 Å². The van der Waals surface area contributed by atoms with Crippen molar-refractivity contribution in [3.63, 3.8) is 0 Å². The lowest BCUT2D eigenvalue weighted by atomic mass is 10.2. The minimum absolute atomic E-state index is 0.358. The summed E-state index contributed by atoms with van der Waals surface area (Å²) in [5, 5.41) is 0. The van der Waals surface area contributed by atoms with Gasteiger partial charge in [0.15, 0.2) is 0 Å². The molecule has 1 rings (SSSR count). The van der Waals surface area contributed by atoms with Crippen molar-refractivity contribution >= 4 is 7.82 Å². The lowest BCUT2D eigenvalue weighted by Gasteiger charge is -2.19. The van der Waals surface area contributed by atoms with E-state index in [1.807, 2.05) is 0 Å². The molecule has 5 heteroatoms. The molecule has 1 heterocycles. The molecule has 1 saturated heterocycles. The van der Waals surface area contributed by atoms with Crippen LogP contribution in [0.15, 0.2) is 0 Å². The Hall–Kier alpha value is 0.110. The quantitative estimate of drug-likeness (QED) is 0.633. The predicted molar refractivity (Wildman–Crippen MR) is 45.0 cm³/mol. The van der Waals surface area contributed by atoms with Gasteiger partial charge in [-0.15, -0.1) is 0 Å². The van der Waals surface area contributed by atoms with Gasteiger partial charge in [0.25, 0.3) is 0 Å². The monoisotopic (exact) mass is 194 g/mol. The molecule has 0 amide bonds. The predicted octanol–water partition coefficient (Wildman–Crippen LogP) is 2.35. The molecule has 1 fully saturated rings. The molecule has 0 spiro atoms. The van der Waals surface area contributed by atoms with Crippen LogP contribution in [0.25, 0.3) is 0 Å². The van der Waals surface area contributed by atoms with E-state index >= 15 is 0 Å². The van der Waals surface area contributed by atoms with Gasteiger partial charge in [0, 0.05) is 0 Å². The Morgan fingerprint density at radius 3 is 2.33 bits per heavy atom. The highest BCUT2D eigenvalue weighted by Gasteiger charge is 2.26. The summed E-state index contributed by atoms with van der Waals surface area (Å²) in [5.41, 5.74) is 0. The Morgan fingerprint density at radius 1 is 1.25 bits per heavy atom. The fourth-order valence-electron chi connectivity index (χ4n) is 1.00. The van der Waals surface area contributed by atoms with Crippen LogP contribution in [0.5, 0.6) is 0 Å². The molecular formula is C7H15O4P. The summed E-state index contributed by atoms with van der Waals surface area (Å²) in [5.74, 6) is 0. The van der Waals surface area contributed by atoms with E-state index in [-0.39, 0.29) is 0 Å². The van der Waals surface area contributed by atoms with Crippen molar-refractivity contribution in [1.82, 2.24) is 0 Å². The first-order chi connectivity index (χ1) is 5.77. The normalized spacial score (nSPS) is 24.4. The van der Waals surface area contributed by atoms with Crippen LogP contribution in [0, 0.1) is 0 Å². The van der Waals surface area contributed by atoms with Crippen LogP contribution in [0.2, 0.25) is 0 Å². The van der Waals surface area contributed by atoms with Gasteiger partial charge in [0.1, 0.15) is 0 Å². The molecule has 0 radical (unpaired) electrons. The molecule has 0 aliphatic carbocycles. The van der Waals surface area contributed by atoms with E-state index in [1.54, 1.807) is 6.92 Å². The van der Waals surface area contributed by atoms with E-state index in [0.29, 0.717) is 19.8 Å². The highest BCUT2D eigenvalue weighted by molar-refractivity contribution is 7.48.